The molecule has 0 radical (unpaired) electrons. The number of nitrogens with one attached hydrogen (secondary N) is 1. The lowest BCUT2D eigenvalue weighted by Crippen LogP contribution is -2.46. The van der Waals surface area contributed by atoms with Crippen LogP contribution in [0.3, 0.4) is 0 Å². The van der Waals surface area contributed by atoms with Gasteiger partial charge in [0, 0.05) is 31.5 Å². The maximum Gasteiger partial charge on any atom is 0.203 e. The normalized spacial score (nSPS) is 20.5. The Morgan fingerprint density at radius 2 is 2.44 bits per heavy atom. The maximum atomic E-state index is 4.47. The van der Waals surface area contributed by atoms with Crippen LogP contribution in [0.2, 0.25) is 0 Å². The van der Waals surface area contributed by atoms with Crippen molar-refractivity contribution in [1.29, 1.82) is 0 Å². The molecule has 2 aromatic heterocycles. The van der Waals surface area contributed by atoms with Crippen LogP contribution < -0.4 is 10.2 Å². The van der Waals surface area contributed by atoms with Gasteiger partial charge in [0.1, 0.15) is 6.33 Å². The highest BCUT2D eigenvalue weighted by Crippen LogP contribution is 2.20. The van der Waals surface area contributed by atoms with E-state index in [1.807, 2.05) is 16.8 Å². The molecule has 6 heteroatoms. The Balaban J connectivity index is 1.87. The second-order valence-corrected chi connectivity index (χ2v) is 4.66. The first-order chi connectivity index (χ1) is 8.88. The van der Waals surface area contributed by atoms with Gasteiger partial charge >= 0.3 is 0 Å². The van der Waals surface area contributed by atoms with Crippen LogP contribution in [0.15, 0.2) is 18.7 Å². The summed E-state index contributed by atoms with van der Waals surface area (Å²) < 4.78 is 1.92. The van der Waals surface area contributed by atoms with Gasteiger partial charge in [-0.2, -0.15) is 0 Å². The van der Waals surface area contributed by atoms with Gasteiger partial charge < -0.3 is 10.2 Å². The van der Waals surface area contributed by atoms with Crippen LogP contribution in [0.5, 0.6) is 0 Å². The second kappa shape index (κ2) is 4.89. The first-order valence-electron chi connectivity index (χ1n) is 6.51. The quantitative estimate of drug-likeness (QED) is 0.864. The molecule has 1 unspecified atom stereocenters. The van der Waals surface area contributed by atoms with Crippen molar-refractivity contribution in [3.63, 3.8) is 0 Å². The van der Waals surface area contributed by atoms with Crippen molar-refractivity contribution in [2.75, 3.05) is 24.5 Å². The SMILES string of the molecule is CCNC1CCCN(c2nccn3cnnc23)C1. The van der Waals surface area contributed by atoms with Gasteiger partial charge in [-0.1, -0.05) is 6.92 Å². The van der Waals surface area contributed by atoms with Crippen LogP contribution in [0, 0.1) is 0 Å². The molecule has 18 heavy (non-hydrogen) atoms. The fourth-order valence-corrected chi connectivity index (χ4v) is 2.59. The average Bonchev–Trinajstić information content (AvgIpc) is 2.87. The zero-order valence-electron chi connectivity index (χ0n) is 10.6. The lowest BCUT2D eigenvalue weighted by atomic mass is 10.1. The van der Waals surface area contributed by atoms with Crippen molar-refractivity contribution < 1.29 is 0 Å². The Hall–Kier alpha value is -1.69. The summed E-state index contributed by atoms with van der Waals surface area (Å²) in [7, 11) is 0. The molecule has 0 bridgehead atoms. The van der Waals surface area contributed by atoms with Crippen LogP contribution in [-0.2, 0) is 0 Å². The summed E-state index contributed by atoms with van der Waals surface area (Å²) in [6.45, 7) is 5.20. The molecule has 1 saturated heterocycles. The van der Waals surface area contributed by atoms with Crippen molar-refractivity contribution in [2.45, 2.75) is 25.8 Å². The van der Waals surface area contributed by atoms with Crippen molar-refractivity contribution in [3.8, 4) is 0 Å². The fourth-order valence-electron chi connectivity index (χ4n) is 2.59. The molecule has 0 saturated carbocycles. The Morgan fingerprint density at radius 1 is 1.50 bits per heavy atom. The number of hydrogen-bond donors (Lipinski definition) is 1. The summed E-state index contributed by atoms with van der Waals surface area (Å²) in [4.78, 5) is 6.78. The Labute approximate surface area is 106 Å². The predicted octanol–water partition coefficient (Wildman–Crippen LogP) is 0.703. The molecule has 6 nitrogen and oxygen atoms in total. The van der Waals surface area contributed by atoms with Gasteiger partial charge in [0.15, 0.2) is 5.82 Å². The van der Waals surface area contributed by atoms with E-state index in [1.54, 1.807) is 6.33 Å². The largest absolute Gasteiger partial charge is 0.352 e. The van der Waals surface area contributed by atoms with Gasteiger partial charge in [-0.05, 0) is 19.4 Å². The van der Waals surface area contributed by atoms with Crippen LogP contribution in [0.25, 0.3) is 5.65 Å². The minimum atomic E-state index is 0.550. The molecule has 0 aliphatic carbocycles. The summed E-state index contributed by atoms with van der Waals surface area (Å²) >= 11 is 0. The van der Waals surface area contributed by atoms with Gasteiger partial charge in [0.25, 0.3) is 0 Å². The fraction of sp³-hybridized carbons (Fsp3) is 0.583. The molecule has 3 heterocycles. The molecule has 2 aromatic rings. The van der Waals surface area contributed by atoms with E-state index in [0.29, 0.717) is 6.04 Å². The topological polar surface area (TPSA) is 58.4 Å². The highest BCUT2D eigenvalue weighted by Gasteiger charge is 2.22. The summed E-state index contributed by atoms with van der Waals surface area (Å²) in [5.41, 5.74) is 0.842. The highest BCUT2D eigenvalue weighted by atomic mass is 15.3. The molecule has 1 fully saturated rings. The smallest absolute Gasteiger partial charge is 0.203 e. The summed E-state index contributed by atoms with van der Waals surface area (Å²) in [6, 6.07) is 0.550. The third-order valence-electron chi connectivity index (χ3n) is 3.41. The van der Waals surface area contributed by atoms with Crippen LogP contribution >= 0.6 is 0 Å². The van der Waals surface area contributed by atoms with Crippen LogP contribution in [0.4, 0.5) is 5.82 Å². The van der Waals surface area contributed by atoms with Crippen molar-refractivity contribution in [3.05, 3.63) is 18.7 Å². The maximum absolute atomic E-state index is 4.47. The first kappa shape index (κ1) is 11.4. The summed E-state index contributed by atoms with van der Waals surface area (Å²) in [6.07, 6.45) is 7.83. The molecule has 1 aliphatic rings. The van der Waals surface area contributed by atoms with E-state index in [9.17, 15) is 0 Å². The lowest BCUT2D eigenvalue weighted by molar-refractivity contribution is 0.430. The van der Waals surface area contributed by atoms with E-state index in [0.717, 1.165) is 31.1 Å². The Kier molecular flexibility index (Phi) is 3.10. The van der Waals surface area contributed by atoms with E-state index < -0.39 is 0 Å². The third-order valence-corrected chi connectivity index (χ3v) is 3.41. The number of hydrogen-bond acceptors (Lipinski definition) is 5. The highest BCUT2D eigenvalue weighted by molar-refractivity contribution is 5.63. The zero-order chi connectivity index (χ0) is 12.4. The molecular weight excluding hydrogens is 228 g/mol. The van der Waals surface area contributed by atoms with Crippen molar-refractivity contribution in [2.24, 2.45) is 0 Å². The number of nitrogens with zero attached hydrogens (tertiary/aromatic N) is 5. The minimum absolute atomic E-state index is 0.550. The number of anilines is 1. The van der Waals surface area contributed by atoms with Gasteiger partial charge in [-0.25, -0.2) is 4.98 Å². The molecule has 0 spiro atoms. The standard InChI is InChI=1S/C12H18N6/c1-2-13-10-4-3-6-17(8-10)11-12-16-15-9-18(12)7-5-14-11/h5,7,9-10,13H,2-4,6,8H2,1H3. The van der Waals surface area contributed by atoms with E-state index in [4.69, 9.17) is 0 Å². The van der Waals surface area contributed by atoms with Crippen molar-refractivity contribution >= 4 is 11.5 Å². The summed E-state index contributed by atoms with van der Waals surface area (Å²) in [5, 5.41) is 11.6. The van der Waals surface area contributed by atoms with E-state index in [-0.39, 0.29) is 0 Å². The van der Waals surface area contributed by atoms with Gasteiger partial charge in [-0.15, -0.1) is 10.2 Å². The van der Waals surface area contributed by atoms with Crippen LogP contribution in [-0.4, -0.2) is 45.3 Å². The molecular formula is C12H18N6. The molecule has 1 N–H and O–H groups in total. The van der Waals surface area contributed by atoms with E-state index in [1.165, 1.54) is 12.8 Å². The number of fused-ring (bicyclic) bond motifs is 1. The number of likely N-dealkylation sites (N-methyl/N-ethyl adjacent to an activating group) is 1. The second-order valence-electron chi connectivity index (χ2n) is 4.66. The summed E-state index contributed by atoms with van der Waals surface area (Å²) in [5.74, 6) is 0.942. The molecule has 3 rings (SSSR count). The third kappa shape index (κ3) is 2.03. The Morgan fingerprint density at radius 3 is 3.33 bits per heavy atom. The van der Waals surface area contributed by atoms with Crippen molar-refractivity contribution in [1.82, 2.24) is 24.9 Å². The molecule has 0 amide bonds. The van der Waals surface area contributed by atoms with Gasteiger partial charge in [-0.3, -0.25) is 4.40 Å². The molecule has 0 aromatic carbocycles. The number of piperidine rings is 1. The first-order valence-corrected chi connectivity index (χ1v) is 6.51. The predicted molar refractivity (Wildman–Crippen MR) is 69.7 cm³/mol. The van der Waals surface area contributed by atoms with Crippen LogP contribution in [0.1, 0.15) is 19.8 Å². The van der Waals surface area contributed by atoms with Gasteiger partial charge in [0.2, 0.25) is 5.65 Å². The van der Waals surface area contributed by atoms with E-state index >= 15 is 0 Å². The number of rotatable bonds is 3. The molecule has 1 aliphatic heterocycles. The lowest BCUT2D eigenvalue weighted by Gasteiger charge is -2.33. The molecule has 96 valence electrons. The average molecular weight is 246 g/mol. The van der Waals surface area contributed by atoms with Gasteiger partial charge in [0.05, 0.1) is 0 Å². The minimum Gasteiger partial charge on any atom is -0.352 e. The molecule has 1 atom stereocenters. The monoisotopic (exact) mass is 246 g/mol. The number of aromatic nitrogens is 4. The Bertz CT molecular complexity index is 520. The zero-order valence-corrected chi connectivity index (χ0v) is 10.6. The van der Waals surface area contributed by atoms with E-state index in [2.05, 4.69) is 32.3 Å².